The van der Waals surface area contributed by atoms with Gasteiger partial charge in [0, 0.05) is 5.92 Å². The number of benzene rings is 1. The van der Waals surface area contributed by atoms with E-state index >= 15 is 0 Å². The van der Waals surface area contributed by atoms with Gasteiger partial charge in [-0.25, -0.2) is 4.68 Å². The van der Waals surface area contributed by atoms with E-state index in [1.165, 1.54) is 7.11 Å². The molecule has 3 rings (SSSR count). The summed E-state index contributed by atoms with van der Waals surface area (Å²) in [6.45, 7) is -0.0281. The van der Waals surface area contributed by atoms with Crippen LogP contribution in [0, 0.1) is 0 Å². The van der Waals surface area contributed by atoms with E-state index in [9.17, 15) is 18.0 Å². The van der Waals surface area contributed by atoms with Crippen molar-refractivity contribution in [3.05, 3.63) is 57.5 Å². The molecule has 1 aliphatic carbocycles. The number of aromatic nitrogens is 2. The number of rotatable bonds is 4. The molecule has 23 heavy (non-hydrogen) atoms. The van der Waals surface area contributed by atoms with Gasteiger partial charge in [-0.05, 0) is 36.6 Å². The Morgan fingerprint density at radius 1 is 1.30 bits per heavy atom. The van der Waals surface area contributed by atoms with Crippen molar-refractivity contribution < 1.29 is 17.9 Å². The summed E-state index contributed by atoms with van der Waals surface area (Å²) in [5.74, 6) is 0.596. The highest BCUT2D eigenvalue weighted by atomic mass is 19.4. The average Bonchev–Trinajstić information content (AvgIpc) is 3.33. The first kappa shape index (κ1) is 15.6. The number of methoxy groups -OCH3 is 1. The van der Waals surface area contributed by atoms with Crippen LogP contribution in [0.5, 0.6) is 5.75 Å². The molecule has 1 aromatic heterocycles. The second kappa shape index (κ2) is 5.72. The van der Waals surface area contributed by atoms with E-state index in [0.29, 0.717) is 17.0 Å². The third kappa shape index (κ3) is 3.38. The van der Waals surface area contributed by atoms with E-state index in [0.717, 1.165) is 23.6 Å². The summed E-state index contributed by atoms with van der Waals surface area (Å²) < 4.78 is 45.2. The van der Waals surface area contributed by atoms with Crippen LogP contribution in [-0.2, 0) is 12.7 Å². The number of hydrogen-bond acceptors (Lipinski definition) is 3. The second-order valence-corrected chi connectivity index (χ2v) is 5.57. The molecule has 7 heteroatoms. The van der Waals surface area contributed by atoms with E-state index in [-0.39, 0.29) is 12.5 Å². The van der Waals surface area contributed by atoms with Crippen molar-refractivity contribution in [2.24, 2.45) is 0 Å². The third-order valence-electron chi connectivity index (χ3n) is 3.76. The Hall–Kier alpha value is -2.31. The van der Waals surface area contributed by atoms with Gasteiger partial charge in [-0.3, -0.25) is 4.79 Å². The fourth-order valence-electron chi connectivity index (χ4n) is 2.39. The van der Waals surface area contributed by atoms with Gasteiger partial charge in [0.15, 0.2) is 0 Å². The minimum atomic E-state index is -4.68. The average molecular weight is 324 g/mol. The second-order valence-electron chi connectivity index (χ2n) is 5.57. The van der Waals surface area contributed by atoms with Crippen molar-refractivity contribution in [2.45, 2.75) is 31.5 Å². The van der Waals surface area contributed by atoms with E-state index < -0.39 is 17.3 Å². The van der Waals surface area contributed by atoms with Crippen molar-refractivity contribution >= 4 is 0 Å². The van der Waals surface area contributed by atoms with Crippen molar-refractivity contribution in [3.8, 4) is 5.75 Å². The fourth-order valence-corrected chi connectivity index (χ4v) is 2.39. The van der Waals surface area contributed by atoms with Crippen molar-refractivity contribution in [1.82, 2.24) is 9.78 Å². The zero-order valence-corrected chi connectivity index (χ0v) is 12.4. The summed E-state index contributed by atoms with van der Waals surface area (Å²) in [4.78, 5) is 12.1. The Morgan fingerprint density at radius 2 is 2.04 bits per heavy atom. The molecule has 2 aromatic rings. The predicted octanol–water partition coefficient (Wildman–Crippen LogP) is 3.20. The maximum Gasteiger partial charge on any atom is 0.421 e. The Kier molecular flexibility index (Phi) is 3.87. The highest BCUT2D eigenvalue weighted by Crippen LogP contribution is 2.40. The maximum atomic E-state index is 13.1. The monoisotopic (exact) mass is 324 g/mol. The van der Waals surface area contributed by atoms with Gasteiger partial charge in [0.25, 0.3) is 5.56 Å². The summed E-state index contributed by atoms with van der Waals surface area (Å²) >= 11 is 0. The summed E-state index contributed by atoms with van der Waals surface area (Å²) in [6.07, 6.45) is -3.07. The third-order valence-corrected chi connectivity index (χ3v) is 3.76. The van der Waals surface area contributed by atoms with Gasteiger partial charge in [0.05, 0.1) is 19.3 Å². The summed E-state index contributed by atoms with van der Waals surface area (Å²) in [5.41, 5.74) is -1.29. The minimum Gasteiger partial charge on any atom is -0.497 e. The standard InChI is InChI=1S/C16H15F3N2O2/c1-23-12-4-2-3-10(7-12)9-21-15(22)13(16(17,18)19)8-14(20-21)11-5-6-11/h2-4,7-8,11H,5-6,9H2,1H3. The SMILES string of the molecule is COc1cccc(Cn2nc(C3CC3)cc(C(F)(F)F)c2=O)c1. The molecule has 0 N–H and O–H groups in total. The highest BCUT2D eigenvalue weighted by Gasteiger charge is 2.37. The highest BCUT2D eigenvalue weighted by molar-refractivity contribution is 5.29. The normalized spacial score (nSPS) is 14.8. The van der Waals surface area contributed by atoms with Crippen LogP contribution < -0.4 is 10.3 Å². The fraction of sp³-hybridized carbons (Fsp3) is 0.375. The number of ether oxygens (including phenoxy) is 1. The van der Waals surface area contributed by atoms with Gasteiger partial charge in [-0.2, -0.15) is 18.3 Å². The van der Waals surface area contributed by atoms with Crippen LogP contribution in [-0.4, -0.2) is 16.9 Å². The maximum absolute atomic E-state index is 13.1. The van der Waals surface area contributed by atoms with Gasteiger partial charge < -0.3 is 4.74 Å². The molecule has 0 atom stereocenters. The smallest absolute Gasteiger partial charge is 0.421 e. The first-order chi connectivity index (χ1) is 10.9. The lowest BCUT2D eigenvalue weighted by Crippen LogP contribution is -2.31. The zero-order chi connectivity index (χ0) is 16.6. The molecule has 0 unspecified atom stereocenters. The van der Waals surface area contributed by atoms with Gasteiger partial charge in [0.1, 0.15) is 11.3 Å². The molecule has 1 heterocycles. The molecule has 1 saturated carbocycles. The van der Waals surface area contributed by atoms with Crippen LogP contribution in [0.25, 0.3) is 0 Å². The van der Waals surface area contributed by atoms with E-state index in [1.807, 2.05) is 0 Å². The van der Waals surface area contributed by atoms with Crippen molar-refractivity contribution in [3.63, 3.8) is 0 Å². The van der Waals surface area contributed by atoms with Gasteiger partial charge in [-0.1, -0.05) is 12.1 Å². The quantitative estimate of drug-likeness (QED) is 0.867. The molecular weight excluding hydrogens is 309 g/mol. The summed E-state index contributed by atoms with van der Waals surface area (Å²) in [7, 11) is 1.50. The van der Waals surface area contributed by atoms with Crippen LogP contribution >= 0.6 is 0 Å². The summed E-state index contributed by atoms with van der Waals surface area (Å²) in [6, 6.07) is 7.72. The van der Waals surface area contributed by atoms with Gasteiger partial charge in [0.2, 0.25) is 0 Å². The number of hydrogen-bond donors (Lipinski definition) is 0. The van der Waals surface area contributed by atoms with Gasteiger partial charge >= 0.3 is 6.18 Å². The van der Waals surface area contributed by atoms with Crippen LogP contribution in [0.1, 0.15) is 35.6 Å². The first-order valence-corrected chi connectivity index (χ1v) is 7.20. The first-order valence-electron chi connectivity index (χ1n) is 7.20. The lowest BCUT2D eigenvalue weighted by Gasteiger charge is -2.12. The topological polar surface area (TPSA) is 44.1 Å². The molecule has 0 bridgehead atoms. The molecule has 0 amide bonds. The Bertz CT molecular complexity index is 780. The lowest BCUT2D eigenvalue weighted by molar-refractivity contribution is -0.139. The molecule has 0 radical (unpaired) electrons. The van der Waals surface area contributed by atoms with Crippen LogP contribution in [0.3, 0.4) is 0 Å². The van der Waals surface area contributed by atoms with Crippen LogP contribution in [0.4, 0.5) is 13.2 Å². The number of alkyl halides is 3. The molecular formula is C16H15F3N2O2. The molecule has 1 aliphatic rings. The molecule has 0 spiro atoms. The Morgan fingerprint density at radius 3 is 2.65 bits per heavy atom. The molecule has 1 fully saturated rings. The Labute approximate surface area is 130 Å². The molecule has 0 aliphatic heterocycles. The van der Waals surface area contributed by atoms with Crippen LogP contribution in [0.15, 0.2) is 35.1 Å². The van der Waals surface area contributed by atoms with E-state index in [4.69, 9.17) is 4.74 Å². The van der Waals surface area contributed by atoms with E-state index in [1.54, 1.807) is 24.3 Å². The van der Waals surface area contributed by atoms with E-state index in [2.05, 4.69) is 5.10 Å². The van der Waals surface area contributed by atoms with Crippen molar-refractivity contribution in [1.29, 1.82) is 0 Å². The Balaban J connectivity index is 2.03. The van der Waals surface area contributed by atoms with Crippen LogP contribution in [0.2, 0.25) is 0 Å². The largest absolute Gasteiger partial charge is 0.497 e. The minimum absolute atomic E-state index is 0.0215. The predicted molar refractivity (Wildman–Crippen MR) is 77.6 cm³/mol. The lowest BCUT2D eigenvalue weighted by atomic mass is 10.2. The molecule has 122 valence electrons. The van der Waals surface area contributed by atoms with Gasteiger partial charge in [-0.15, -0.1) is 0 Å². The summed E-state index contributed by atoms with van der Waals surface area (Å²) in [5, 5.41) is 4.12. The van der Waals surface area contributed by atoms with Crippen molar-refractivity contribution in [2.75, 3.05) is 7.11 Å². The molecule has 0 saturated heterocycles. The molecule has 4 nitrogen and oxygen atoms in total. The zero-order valence-electron chi connectivity index (χ0n) is 12.4. The number of halogens is 3. The molecule has 1 aromatic carbocycles. The number of nitrogens with zero attached hydrogens (tertiary/aromatic N) is 2.